The molecule has 0 saturated carbocycles. The first-order chi connectivity index (χ1) is 11.6. The first kappa shape index (κ1) is 15.8. The minimum Gasteiger partial charge on any atom is -0.390 e. The maximum absolute atomic E-state index is 10.9. The molecule has 2 aliphatic rings. The van der Waals surface area contributed by atoms with E-state index in [9.17, 15) is 5.11 Å². The van der Waals surface area contributed by atoms with Crippen molar-refractivity contribution < 1.29 is 9.84 Å². The van der Waals surface area contributed by atoms with E-state index in [1.54, 1.807) is 0 Å². The molecule has 24 heavy (non-hydrogen) atoms. The van der Waals surface area contributed by atoms with E-state index in [-0.39, 0.29) is 12.0 Å². The number of rotatable bonds is 2. The smallest absolute Gasteiger partial charge is 0.151 e. The molecular formula is C19H25N3O2. The number of benzene rings is 1. The summed E-state index contributed by atoms with van der Waals surface area (Å²) in [7, 11) is 0. The second kappa shape index (κ2) is 5.97. The highest BCUT2D eigenvalue weighted by Gasteiger charge is 2.44. The van der Waals surface area contributed by atoms with Gasteiger partial charge in [0.05, 0.1) is 28.9 Å². The molecule has 1 aromatic carbocycles. The number of aliphatic hydroxyl groups is 1. The Labute approximate surface area is 142 Å². The predicted octanol–water partition coefficient (Wildman–Crippen LogP) is 2.69. The summed E-state index contributed by atoms with van der Waals surface area (Å²) in [5.41, 5.74) is 2.14. The van der Waals surface area contributed by atoms with Crippen LogP contribution in [0.5, 0.6) is 0 Å². The Morgan fingerprint density at radius 2 is 2.00 bits per heavy atom. The first-order valence-electron chi connectivity index (χ1n) is 8.86. The highest BCUT2D eigenvalue weighted by molar-refractivity contribution is 5.76. The van der Waals surface area contributed by atoms with Gasteiger partial charge in [-0.2, -0.15) is 0 Å². The van der Waals surface area contributed by atoms with Crippen molar-refractivity contribution in [1.82, 2.24) is 9.97 Å². The van der Waals surface area contributed by atoms with Gasteiger partial charge >= 0.3 is 0 Å². The molecule has 0 bridgehead atoms. The van der Waals surface area contributed by atoms with E-state index in [0.29, 0.717) is 19.6 Å². The second-order valence-electron chi connectivity index (χ2n) is 7.31. The number of nitrogens with zero attached hydrogens (tertiary/aromatic N) is 3. The van der Waals surface area contributed by atoms with E-state index >= 15 is 0 Å². The fourth-order valence-electron chi connectivity index (χ4n) is 4.20. The molecule has 5 heteroatoms. The Balaban J connectivity index is 1.71. The maximum Gasteiger partial charge on any atom is 0.151 e. The summed E-state index contributed by atoms with van der Waals surface area (Å²) in [4.78, 5) is 12.0. The standard InChI is InChI=1S/C19H25N3O2/c1-13-18(21-16-7-4-3-6-15(16)20-13)22-10-5-8-17(22)14-12-24-11-9-19(14,2)23/h3-4,6-7,14,17,23H,5,8-12H2,1-2H3/t14-,17+,19+/m0/s1. The molecule has 1 aromatic heterocycles. The number of hydrogen-bond donors (Lipinski definition) is 1. The Morgan fingerprint density at radius 1 is 1.25 bits per heavy atom. The SMILES string of the molecule is Cc1nc2ccccc2nc1N1CCC[C@@H]1[C@@H]1COCC[C@@]1(C)O. The van der Waals surface area contributed by atoms with Gasteiger partial charge in [0.2, 0.25) is 0 Å². The van der Waals surface area contributed by atoms with Crippen molar-refractivity contribution in [2.45, 2.75) is 44.8 Å². The molecular weight excluding hydrogens is 302 g/mol. The molecule has 0 spiro atoms. The Hall–Kier alpha value is -1.72. The molecule has 0 aliphatic carbocycles. The van der Waals surface area contributed by atoms with Gasteiger partial charge in [-0.25, -0.2) is 9.97 Å². The monoisotopic (exact) mass is 327 g/mol. The number of fused-ring (bicyclic) bond motifs is 1. The zero-order valence-corrected chi connectivity index (χ0v) is 14.4. The Bertz CT molecular complexity index is 746. The third kappa shape index (κ3) is 2.66. The number of aryl methyl sites for hydroxylation is 1. The summed E-state index contributed by atoms with van der Waals surface area (Å²) in [6, 6.07) is 8.26. The van der Waals surface area contributed by atoms with Crippen LogP contribution in [0.1, 0.15) is 31.9 Å². The van der Waals surface area contributed by atoms with Gasteiger partial charge in [-0.15, -0.1) is 0 Å². The van der Waals surface area contributed by atoms with Crippen molar-refractivity contribution >= 4 is 16.9 Å². The normalized spacial score (nSPS) is 30.9. The van der Waals surface area contributed by atoms with E-state index in [1.807, 2.05) is 38.1 Å². The molecule has 3 atom stereocenters. The van der Waals surface area contributed by atoms with Crippen molar-refractivity contribution in [2.75, 3.05) is 24.7 Å². The second-order valence-corrected chi connectivity index (χ2v) is 7.31. The zero-order chi connectivity index (χ0) is 16.7. The van der Waals surface area contributed by atoms with Crippen LogP contribution in [0.25, 0.3) is 11.0 Å². The third-order valence-corrected chi connectivity index (χ3v) is 5.60. The van der Waals surface area contributed by atoms with Crippen LogP contribution in [0.2, 0.25) is 0 Å². The summed E-state index contributed by atoms with van der Waals surface area (Å²) >= 11 is 0. The van der Waals surface area contributed by atoms with Gasteiger partial charge in [-0.3, -0.25) is 0 Å². The van der Waals surface area contributed by atoms with Gasteiger partial charge in [0.15, 0.2) is 5.82 Å². The molecule has 5 nitrogen and oxygen atoms in total. The van der Waals surface area contributed by atoms with Crippen LogP contribution in [0.3, 0.4) is 0 Å². The van der Waals surface area contributed by atoms with Gasteiger partial charge < -0.3 is 14.7 Å². The van der Waals surface area contributed by atoms with Crippen LogP contribution in [-0.4, -0.2) is 46.5 Å². The Kier molecular flexibility index (Phi) is 3.93. The van der Waals surface area contributed by atoms with Crippen molar-refractivity contribution in [2.24, 2.45) is 5.92 Å². The highest BCUT2D eigenvalue weighted by atomic mass is 16.5. The molecule has 2 aliphatic heterocycles. The summed E-state index contributed by atoms with van der Waals surface area (Å²) < 4.78 is 5.69. The lowest BCUT2D eigenvalue weighted by Crippen LogP contribution is -2.52. The van der Waals surface area contributed by atoms with Gasteiger partial charge in [0, 0.05) is 25.1 Å². The minimum absolute atomic E-state index is 0.112. The largest absolute Gasteiger partial charge is 0.390 e. The summed E-state index contributed by atoms with van der Waals surface area (Å²) in [5, 5.41) is 10.9. The van der Waals surface area contributed by atoms with E-state index in [1.165, 1.54) is 0 Å². The van der Waals surface area contributed by atoms with Crippen LogP contribution in [0, 0.1) is 12.8 Å². The molecule has 3 heterocycles. The lowest BCUT2D eigenvalue weighted by molar-refractivity contribution is -0.108. The van der Waals surface area contributed by atoms with E-state index in [0.717, 1.165) is 41.9 Å². The minimum atomic E-state index is -0.677. The lowest BCUT2D eigenvalue weighted by atomic mass is 9.79. The molecule has 0 amide bonds. The quantitative estimate of drug-likeness (QED) is 0.919. The number of anilines is 1. The average Bonchev–Trinajstić information content (AvgIpc) is 3.02. The number of ether oxygens (including phenoxy) is 1. The summed E-state index contributed by atoms with van der Waals surface area (Å²) in [6.07, 6.45) is 2.88. The number of para-hydroxylation sites is 2. The van der Waals surface area contributed by atoms with Crippen LogP contribution < -0.4 is 4.90 Å². The summed E-state index contributed by atoms with van der Waals surface area (Å²) in [6.45, 7) is 6.21. The maximum atomic E-state index is 10.9. The predicted molar refractivity (Wildman–Crippen MR) is 94.2 cm³/mol. The van der Waals surface area contributed by atoms with Crippen molar-refractivity contribution in [3.8, 4) is 0 Å². The molecule has 2 aromatic rings. The molecule has 4 rings (SSSR count). The van der Waals surface area contributed by atoms with E-state index < -0.39 is 5.60 Å². The first-order valence-corrected chi connectivity index (χ1v) is 8.86. The third-order valence-electron chi connectivity index (χ3n) is 5.60. The fourth-order valence-corrected chi connectivity index (χ4v) is 4.20. The number of hydrogen-bond acceptors (Lipinski definition) is 5. The zero-order valence-electron chi connectivity index (χ0n) is 14.4. The average molecular weight is 327 g/mol. The van der Waals surface area contributed by atoms with Gasteiger partial charge in [0.1, 0.15) is 0 Å². The van der Waals surface area contributed by atoms with Crippen molar-refractivity contribution in [3.05, 3.63) is 30.0 Å². The van der Waals surface area contributed by atoms with E-state index in [4.69, 9.17) is 14.7 Å². The molecule has 1 N–H and O–H groups in total. The van der Waals surface area contributed by atoms with Gasteiger partial charge in [-0.1, -0.05) is 12.1 Å². The molecule has 2 saturated heterocycles. The Morgan fingerprint density at radius 3 is 2.75 bits per heavy atom. The van der Waals surface area contributed by atoms with Crippen LogP contribution in [0.4, 0.5) is 5.82 Å². The fraction of sp³-hybridized carbons (Fsp3) is 0.579. The molecule has 128 valence electrons. The van der Waals surface area contributed by atoms with Crippen LogP contribution in [-0.2, 0) is 4.74 Å². The van der Waals surface area contributed by atoms with E-state index in [2.05, 4.69) is 4.90 Å². The molecule has 0 radical (unpaired) electrons. The van der Waals surface area contributed by atoms with Gasteiger partial charge in [-0.05, 0) is 45.2 Å². The van der Waals surface area contributed by atoms with Crippen LogP contribution in [0.15, 0.2) is 24.3 Å². The highest BCUT2D eigenvalue weighted by Crippen LogP contribution is 2.38. The summed E-state index contributed by atoms with van der Waals surface area (Å²) in [5.74, 6) is 1.07. The molecule has 2 fully saturated rings. The van der Waals surface area contributed by atoms with Crippen molar-refractivity contribution in [1.29, 1.82) is 0 Å². The number of aromatic nitrogens is 2. The van der Waals surface area contributed by atoms with Crippen LogP contribution >= 0.6 is 0 Å². The lowest BCUT2D eigenvalue weighted by Gasteiger charge is -2.43. The van der Waals surface area contributed by atoms with Crippen molar-refractivity contribution in [3.63, 3.8) is 0 Å². The topological polar surface area (TPSA) is 58.5 Å². The molecule has 0 unspecified atom stereocenters. The van der Waals surface area contributed by atoms with Gasteiger partial charge in [0.25, 0.3) is 0 Å².